The molecule has 0 aromatic rings. The van der Waals surface area contributed by atoms with Crippen molar-refractivity contribution >= 4 is 15.9 Å². The van der Waals surface area contributed by atoms with Crippen LogP contribution < -0.4 is 0 Å². The highest BCUT2D eigenvalue weighted by atomic mass is 79.9. The standard InChI is InChI=1S/C10H20BrN/c1-9(7-11)8-12-6-4-3-5-10(12)2/h9-10H,3-8H2,1-2H3. The van der Waals surface area contributed by atoms with Crippen LogP contribution in [0.4, 0.5) is 0 Å². The quantitative estimate of drug-likeness (QED) is 0.679. The Balaban J connectivity index is 2.28. The molecule has 2 heteroatoms. The molecule has 0 bridgehead atoms. The van der Waals surface area contributed by atoms with Crippen LogP contribution in [-0.4, -0.2) is 29.4 Å². The second kappa shape index (κ2) is 5.23. The molecule has 0 aromatic carbocycles. The van der Waals surface area contributed by atoms with E-state index >= 15 is 0 Å². The summed E-state index contributed by atoms with van der Waals surface area (Å²) in [6, 6.07) is 0.820. The Morgan fingerprint density at radius 2 is 2.25 bits per heavy atom. The summed E-state index contributed by atoms with van der Waals surface area (Å²) in [4.78, 5) is 2.63. The molecule has 2 unspecified atom stereocenters. The first-order chi connectivity index (χ1) is 5.74. The van der Waals surface area contributed by atoms with Gasteiger partial charge < -0.3 is 4.90 Å². The fraction of sp³-hybridized carbons (Fsp3) is 1.00. The summed E-state index contributed by atoms with van der Waals surface area (Å²) in [6.45, 7) is 7.26. The highest BCUT2D eigenvalue weighted by molar-refractivity contribution is 9.09. The van der Waals surface area contributed by atoms with Gasteiger partial charge in [-0.2, -0.15) is 0 Å². The summed E-state index contributed by atoms with van der Waals surface area (Å²) in [5.41, 5.74) is 0. The minimum Gasteiger partial charge on any atom is -0.300 e. The maximum Gasteiger partial charge on any atom is 0.00692 e. The van der Waals surface area contributed by atoms with Gasteiger partial charge in [0.05, 0.1) is 0 Å². The van der Waals surface area contributed by atoms with Gasteiger partial charge in [-0.15, -0.1) is 0 Å². The molecule has 2 atom stereocenters. The van der Waals surface area contributed by atoms with Crippen LogP contribution >= 0.6 is 15.9 Å². The molecule has 72 valence electrons. The Morgan fingerprint density at radius 1 is 1.50 bits per heavy atom. The molecule has 12 heavy (non-hydrogen) atoms. The molecular weight excluding hydrogens is 214 g/mol. The average Bonchev–Trinajstić information content (AvgIpc) is 2.09. The first kappa shape index (κ1) is 10.5. The molecule has 1 saturated heterocycles. The zero-order valence-electron chi connectivity index (χ0n) is 8.22. The van der Waals surface area contributed by atoms with Crippen LogP contribution in [-0.2, 0) is 0 Å². The topological polar surface area (TPSA) is 3.24 Å². The highest BCUT2D eigenvalue weighted by Crippen LogP contribution is 2.18. The van der Waals surface area contributed by atoms with Gasteiger partial charge in [0.15, 0.2) is 0 Å². The van der Waals surface area contributed by atoms with Crippen LogP contribution in [0.25, 0.3) is 0 Å². The van der Waals surface area contributed by atoms with Gasteiger partial charge in [0.1, 0.15) is 0 Å². The molecule has 1 nitrogen and oxygen atoms in total. The Bertz CT molecular complexity index is 127. The monoisotopic (exact) mass is 233 g/mol. The molecule has 0 aromatic heterocycles. The molecule has 0 saturated carbocycles. The van der Waals surface area contributed by atoms with Crippen LogP contribution in [0.5, 0.6) is 0 Å². The van der Waals surface area contributed by atoms with Gasteiger partial charge in [0.25, 0.3) is 0 Å². The summed E-state index contributed by atoms with van der Waals surface area (Å²) in [6.07, 6.45) is 4.23. The van der Waals surface area contributed by atoms with Crippen LogP contribution in [0, 0.1) is 5.92 Å². The highest BCUT2D eigenvalue weighted by Gasteiger charge is 2.19. The number of hydrogen-bond acceptors (Lipinski definition) is 1. The number of piperidine rings is 1. The van der Waals surface area contributed by atoms with Crippen molar-refractivity contribution in [2.45, 2.75) is 39.2 Å². The van der Waals surface area contributed by atoms with Gasteiger partial charge in [-0.1, -0.05) is 29.3 Å². The Hall–Kier alpha value is 0.440. The zero-order chi connectivity index (χ0) is 8.97. The number of alkyl halides is 1. The lowest BCUT2D eigenvalue weighted by Gasteiger charge is -2.34. The van der Waals surface area contributed by atoms with Gasteiger partial charge >= 0.3 is 0 Å². The van der Waals surface area contributed by atoms with Crippen molar-refractivity contribution < 1.29 is 0 Å². The van der Waals surface area contributed by atoms with Gasteiger partial charge in [0, 0.05) is 17.9 Å². The van der Waals surface area contributed by atoms with E-state index in [4.69, 9.17) is 0 Å². The van der Waals surface area contributed by atoms with Crippen LogP contribution in [0.3, 0.4) is 0 Å². The van der Waals surface area contributed by atoms with Crippen molar-refractivity contribution in [3.63, 3.8) is 0 Å². The van der Waals surface area contributed by atoms with E-state index in [2.05, 4.69) is 34.7 Å². The second-order valence-electron chi connectivity index (χ2n) is 4.10. The van der Waals surface area contributed by atoms with E-state index in [1.54, 1.807) is 0 Å². The lowest BCUT2D eigenvalue weighted by Crippen LogP contribution is -2.40. The summed E-state index contributed by atoms with van der Waals surface area (Å²) in [7, 11) is 0. The second-order valence-corrected chi connectivity index (χ2v) is 4.75. The maximum absolute atomic E-state index is 3.53. The van der Waals surface area contributed by atoms with Crippen LogP contribution in [0.2, 0.25) is 0 Å². The Kier molecular flexibility index (Phi) is 4.59. The van der Waals surface area contributed by atoms with E-state index in [0.717, 1.165) is 17.3 Å². The molecule has 1 rings (SSSR count). The van der Waals surface area contributed by atoms with Crippen molar-refractivity contribution in [1.82, 2.24) is 4.90 Å². The van der Waals surface area contributed by atoms with E-state index in [1.807, 2.05) is 0 Å². The predicted octanol–water partition coefficient (Wildman–Crippen LogP) is 2.89. The third-order valence-corrected chi connectivity index (χ3v) is 3.86. The molecule has 1 fully saturated rings. The molecule has 0 aliphatic carbocycles. The molecule has 0 spiro atoms. The Labute approximate surface area is 84.6 Å². The molecule has 1 aliphatic rings. The molecule has 1 aliphatic heterocycles. The molecule has 0 radical (unpaired) electrons. The minimum atomic E-state index is 0.797. The average molecular weight is 234 g/mol. The molecule has 1 heterocycles. The van der Waals surface area contributed by atoms with E-state index in [0.29, 0.717) is 0 Å². The fourth-order valence-electron chi connectivity index (χ4n) is 1.88. The predicted molar refractivity (Wildman–Crippen MR) is 57.8 cm³/mol. The van der Waals surface area contributed by atoms with E-state index < -0.39 is 0 Å². The normalized spacial score (nSPS) is 28.8. The number of hydrogen-bond donors (Lipinski definition) is 0. The molecular formula is C10H20BrN. The molecule has 0 amide bonds. The Morgan fingerprint density at radius 3 is 2.83 bits per heavy atom. The van der Waals surface area contributed by atoms with E-state index in [9.17, 15) is 0 Å². The molecule has 0 N–H and O–H groups in total. The van der Waals surface area contributed by atoms with Gasteiger partial charge in [-0.05, 0) is 32.2 Å². The lowest BCUT2D eigenvalue weighted by molar-refractivity contribution is 0.145. The summed E-state index contributed by atoms with van der Waals surface area (Å²) >= 11 is 3.53. The third-order valence-electron chi connectivity index (χ3n) is 2.75. The first-order valence-electron chi connectivity index (χ1n) is 5.04. The summed E-state index contributed by atoms with van der Waals surface area (Å²) < 4.78 is 0. The summed E-state index contributed by atoms with van der Waals surface area (Å²) in [5, 5.41) is 1.14. The number of likely N-dealkylation sites (tertiary alicyclic amines) is 1. The third kappa shape index (κ3) is 3.06. The number of nitrogens with zero attached hydrogens (tertiary/aromatic N) is 1. The van der Waals surface area contributed by atoms with E-state index in [1.165, 1.54) is 32.4 Å². The minimum absolute atomic E-state index is 0.797. The zero-order valence-corrected chi connectivity index (χ0v) is 9.81. The first-order valence-corrected chi connectivity index (χ1v) is 6.16. The van der Waals surface area contributed by atoms with Crippen molar-refractivity contribution in [2.75, 3.05) is 18.4 Å². The smallest absolute Gasteiger partial charge is 0.00692 e. The van der Waals surface area contributed by atoms with Crippen molar-refractivity contribution in [1.29, 1.82) is 0 Å². The lowest BCUT2D eigenvalue weighted by atomic mass is 10.0. The van der Waals surface area contributed by atoms with Crippen molar-refractivity contribution in [3.05, 3.63) is 0 Å². The number of rotatable bonds is 3. The fourth-order valence-corrected chi connectivity index (χ4v) is 2.08. The van der Waals surface area contributed by atoms with Crippen molar-refractivity contribution in [2.24, 2.45) is 5.92 Å². The van der Waals surface area contributed by atoms with Gasteiger partial charge in [-0.25, -0.2) is 0 Å². The van der Waals surface area contributed by atoms with Crippen LogP contribution in [0.1, 0.15) is 33.1 Å². The van der Waals surface area contributed by atoms with Crippen LogP contribution in [0.15, 0.2) is 0 Å². The van der Waals surface area contributed by atoms with Gasteiger partial charge in [-0.3, -0.25) is 0 Å². The largest absolute Gasteiger partial charge is 0.300 e. The van der Waals surface area contributed by atoms with Crippen molar-refractivity contribution in [3.8, 4) is 0 Å². The van der Waals surface area contributed by atoms with Gasteiger partial charge in [0.2, 0.25) is 0 Å². The number of halogens is 1. The van der Waals surface area contributed by atoms with E-state index in [-0.39, 0.29) is 0 Å². The SMILES string of the molecule is CC(CBr)CN1CCCCC1C. The maximum atomic E-state index is 3.53. The summed E-state index contributed by atoms with van der Waals surface area (Å²) in [5.74, 6) is 0.797.